The van der Waals surface area contributed by atoms with Gasteiger partial charge in [0.05, 0.1) is 25.0 Å². The minimum atomic E-state index is -1.27. The first-order valence-electron chi connectivity index (χ1n) is 11.1. The second kappa shape index (κ2) is 7.26. The lowest BCUT2D eigenvalue weighted by molar-refractivity contribution is -0.143. The summed E-state index contributed by atoms with van der Waals surface area (Å²) in [5.74, 6) is -2.29. The molecule has 3 aliphatic rings. The summed E-state index contributed by atoms with van der Waals surface area (Å²) in [5.41, 5.74) is 2.18. The van der Waals surface area contributed by atoms with E-state index in [4.69, 9.17) is 4.74 Å². The molecule has 168 valence electrons. The molecular formula is C25H24N4O4. The Hall–Kier alpha value is -3.49. The summed E-state index contributed by atoms with van der Waals surface area (Å²) in [4.78, 5) is 45.1. The zero-order valence-electron chi connectivity index (χ0n) is 18.1. The van der Waals surface area contributed by atoms with Crippen LogP contribution in [0, 0.1) is 11.8 Å². The number of likely N-dealkylation sites (tertiary alicyclic amines) is 1. The number of hydrogen-bond acceptors (Lipinski definition) is 5. The van der Waals surface area contributed by atoms with Crippen molar-refractivity contribution >= 4 is 34.3 Å². The zero-order chi connectivity index (χ0) is 22.7. The summed E-state index contributed by atoms with van der Waals surface area (Å²) in [6.45, 7) is 0.438. The molecule has 4 unspecified atom stereocenters. The van der Waals surface area contributed by atoms with E-state index in [-0.39, 0.29) is 36.9 Å². The summed E-state index contributed by atoms with van der Waals surface area (Å²) >= 11 is 0. The highest BCUT2D eigenvalue weighted by atomic mass is 16.5. The lowest BCUT2D eigenvalue weighted by Crippen LogP contribution is -2.53. The van der Waals surface area contributed by atoms with Crippen LogP contribution in [0.5, 0.6) is 0 Å². The number of imide groups is 1. The summed E-state index contributed by atoms with van der Waals surface area (Å²) in [6, 6.07) is 15.0. The SMILES string of the molecule is COCCN1C(=O)C2C(Cc3c[nH]c4ccccc34)NC3(C(=O)Nc4ccccc43)C2C1=O. The van der Waals surface area contributed by atoms with E-state index in [9.17, 15) is 14.4 Å². The molecule has 2 saturated heterocycles. The number of aromatic amines is 1. The average Bonchev–Trinajstić information content (AvgIpc) is 3.53. The van der Waals surface area contributed by atoms with Crippen LogP contribution in [-0.2, 0) is 31.1 Å². The number of anilines is 1. The third kappa shape index (κ3) is 2.68. The van der Waals surface area contributed by atoms with Crippen LogP contribution in [-0.4, -0.2) is 53.9 Å². The first kappa shape index (κ1) is 20.1. The molecule has 3 aliphatic heterocycles. The molecule has 0 bridgehead atoms. The van der Waals surface area contributed by atoms with E-state index in [2.05, 4.69) is 15.6 Å². The molecule has 3 aromatic rings. The number of nitrogens with zero attached hydrogens (tertiary/aromatic N) is 1. The van der Waals surface area contributed by atoms with Gasteiger partial charge in [0.25, 0.3) is 0 Å². The van der Waals surface area contributed by atoms with Gasteiger partial charge in [-0.05, 0) is 24.1 Å². The molecule has 0 radical (unpaired) electrons. The fourth-order valence-electron chi connectivity index (χ4n) is 5.93. The van der Waals surface area contributed by atoms with Crippen LogP contribution in [0.1, 0.15) is 11.1 Å². The van der Waals surface area contributed by atoms with Crippen LogP contribution in [0.2, 0.25) is 0 Å². The number of aromatic nitrogens is 1. The Balaban J connectivity index is 1.46. The number of para-hydroxylation sites is 2. The van der Waals surface area contributed by atoms with Crippen molar-refractivity contribution in [1.82, 2.24) is 15.2 Å². The zero-order valence-corrected chi connectivity index (χ0v) is 18.1. The molecule has 8 nitrogen and oxygen atoms in total. The predicted molar refractivity (Wildman–Crippen MR) is 121 cm³/mol. The van der Waals surface area contributed by atoms with Crippen LogP contribution >= 0.6 is 0 Å². The monoisotopic (exact) mass is 444 g/mol. The van der Waals surface area contributed by atoms with Gasteiger partial charge in [0.1, 0.15) is 5.54 Å². The van der Waals surface area contributed by atoms with Crippen LogP contribution in [0.15, 0.2) is 54.7 Å². The number of nitrogens with one attached hydrogen (secondary N) is 3. The van der Waals surface area contributed by atoms with Crippen LogP contribution in [0.3, 0.4) is 0 Å². The maximum atomic E-state index is 13.6. The van der Waals surface area contributed by atoms with Crippen LogP contribution in [0.25, 0.3) is 10.9 Å². The number of carbonyl (C=O) groups excluding carboxylic acids is 3. The molecule has 0 saturated carbocycles. The maximum absolute atomic E-state index is 13.6. The molecule has 1 spiro atoms. The minimum Gasteiger partial charge on any atom is -0.383 e. The second-order valence-electron chi connectivity index (χ2n) is 8.95. The number of rotatable bonds is 5. The summed E-state index contributed by atoms with van der Waals surface area (Å²) in [6.07, 6.45) is 2.46. The molecule has 6 rings (SSSR count). The van der Waals surface area contributed by atoms with Crippen molar-refractivity contribution in [3.8, 4) is 0 Å². The van der Waals surface area contributed by atoms with E-state index in [1.54, 1.807) is 0 Å². The fraction of sp³-hybridized carbons (Fsp3) is 0.320. The van der Waals surface area contributed by atoms with Crippen molar-refractivity contribution in [1.29, 1.82) is 0 Å². The number of ether oxygens (including phenoxy) is 1. The third-order valence-electron chi connectivity index (χ3n) is 7.35. The number of carbonyl (C=O) groups is 3. The first-order chi connectivity index (χ1) is 16.1. The number of H-pyrrole nitrogens is 1. The van der Waals surface area contributed by atoms with Crippen LogP contribution in [0.4, 0.5) is 5.69 Å². The lowest BCUT2D eigenvalue weighted by Gasteiger charge is -2.29. The molecule has 0 aliphatic carbocycles. The van der Waals surface area contributed by atoms with Crippen molar-refractivity contribution in [3.63, 3.8) is 0 Å². The molecule has 33 heavy (non-hydrogen) atoms. The normalized spacial score (nSPS) is 28.1. The topological polar surface area (TPSA) is 104 Å². The van der Waals surface area contributed by atoms with E-state index >= 15 is 0 Å². The van der Waals surface area contributed by atoms with Crippen molar-refractivity contribution in [3.05, 3.63) is 65.9 Å². The summed E-state index contributed by atoms with van der Waals surface area (Å²) in [7, 11) is 1.54. The maximum Gasteiger partial charge on any atom is 0.250 e. The third-order valence-corrected chi connectivity index (χ3v) is 7.35. The van der Waals surface area contributed by atoms with Crippen molar-refractivity contribution in [2.45, 2.75) is 18.0 Å². The van der Waals surface area contributed by atoms with Gasteiger partial charge in [0.15, 0.2) is 0 Å². The number of hydrogen-bond donors (Lipinski definition) is 3. The predicted octanol–water partition coefficient (Wildman–Crippen LogP) is 1.78. The first-order valence-corrected chi connectivity index (χ1v) is 11.1. The molecule has 3 N–H and O–H groups in total. The fourth-order valence-corrected chi connectivity index (χ4v) is 5.93. The highest BCUT2D eigenvalue weighted by Gasteiger charge is 2.70. The van der Waals surface area contributed by atoms with Crippen LogP contribution < -0.4 is 10.6 Å². The Morgan fingerprint density at radius 1 is 1.03 bits per heavy atom. The van der Waals surface area contributed by atoms with Gasteiger partial charge in [0, 0.05) is 41.5 Å². The number of methoxy groups -OCH3 is 1. The quantitative estimate of drug-likeness (QED) is 0.521. The van der Waals surface area contributed by atoms with Gasteiger partial charge in [-0.2, -0.15) is 0 Å². The molecule has 1 aromatic heterocycles. The molecule has 4 heterocycles. The van der Waals surface area contributed by atoms with Gasteiger partial charge in [-0.15, -0.1) is 0 Å². The van der Waals surface area contributed by atoms with Gasteiger partial charge in [-0.25, -0.2) is 0 Å². The van der Waals surface area contributed by atoms with E-state index in [1.165, 1.54) is 12.0 Å². The molecule has 3 amide bonds. The van der Waals surface area contributed by atoms with Crippen molar-refractivity contribution in [2.24, 2.45) is 11.8 Å². The molecular weight excluding hydrogens is 420 g/mol. The van der Waals surface area contributed by atoms with Gasteiger partial charge >= 0.3 is 0 Å². The second-order valence-corrected chi connectivity index (χ2v) is 8.95. The van der Waals surface area contributed by atoms with E-state index in [0.717, 1.165) is 22.0 Å². The Morgan fingerprint density at radius 3 is 2.67 bits per heavy atom. The van der Waals surface area contributed by atoms with E-state index in [0.29, 0.717) is 12.1 Å². The Morgan fingerprint density at radius 2 is 1.82 bits per heavy atom. The molecule has 2 fully saturated rings. The molecule has 8 heteroatoms. The Kier molecular flexibility index (Phi) is 4.43. The molecule has 2 aromatic carbocycles. The van der Waals surface area contributed by atoms with Gasteiger partial charge < -0.3 is 15.0 Å². The van der Waals surface area contributed by atoms with Crippen molar-refractivity contribution in [2.75, 3.05) is 25.6 Å². The van der Waals surface area contributed by atoms with Crippen molar-refractivity contribution < 1.29 is 19.1 Å². The van der Waals surface area contributed by atoms with Gasteiger partial charge in [-0.3, -0.25) is 24.6 Å². The Bertz CT molecular complexity index is 1300. The lowest BCUT2D eigenvalue weighted by atomic mass is 9.76. The van der Waals surface area contributed by atoms with E-state index < -0.39 is 17.4 Å². The Labute approximate surface area is 190 Å². The minimum absolute atomic E-state index is 0.181. The van der Waals surface area contributed by atoms with Gasteiger partial charge in [-0.1, -0.05) is 36.4 Å². The smallest absolute Gasteiger partial charge is 0.250 e. The highest BCUT2D eigenvalue weighted by Crippen LogP contribution is 2.53. The van der Waals surface area contributed by atoms with Gasteiger partial charge in [0.2, 0.25) is 17.7 Å². The number of benzene rings is 2. The number of amides is 3. The highest BCUT2D eigenvalue weighted by molar-refractivity contribution is 6.15. The number of fused-ring (bicyclic) bond motifs is 5. The van der Waals surface area contributed by atoms with E-state index in [1.807, 2.05) is 54.7 Å². The summed E-state index contributed by atoms with van der Waals surface area (Å²) < 4.78 is 5.13. The summed E-state index contributed by atoms with van der Waals surface area (Å²) in [5, 5.41) is 7.49. The molecule has 4 atom stereocenters. The standard InChI is InChI=1S/C25H24N4O4/c1-33-11-10-29-22(30)20-19(12-14-13-26-17-8-4-2-6-15(14)17)28-25(21(20)23(29)31)16-7-3-5-9-18(16)27-24(25)32/h2-9,13,19-21,26,28H,10-12H2,1H3,(H,27,32). The largest absolute Gasteiger partial charge is 0.383 e. The average molecular weight is 444 g/mol.